The van der Waals surface area contributed by atoms with E-state index in [0.29, 0.717) is 4.91 Å². The van der Waals surface area contributed by atoms with Crippen LogP contribution in [0.3, 0.4) is 0 Å². The summed E-state index contributed by atoms with van der Waals surface area (Å²) in [6.45, 7) is 17.1. The Labute approximate surface area is 162 Å². The van der Waals surface area contributed by atoms with Crippen LogP contribution in [0.2, 0.25) is 0 Å². The van der Waals surface area contributed by atoms with Gasteiger partial charge in [0.05, 0.1) is 17.9 Å². The van der Waals surface area contributed by atoms with Crippen molar-refractivity contribution in [3.8, 4) is 0 Å². The van der Waals surface area contributed by atoms with Crippen molar-refractivity contribution in [3.63, 3.8) is 0 Å². The normalized spacial score (nSPS) is 22.1. The van der Waals surface area contributed by atoms with E-state index in [1.807, 2.05) is 6.92 Å². The number of benzene rings is 2. The lowest BCUT2D eigenvalue weighted by Crippen LogP contribution is -2.51. The summed E-state index contributed by atoms with van der Waals surface area (Å²) in [6, 6.07) is 10.8. The van der Waals surface area contributed by atoms with Crippen molar-refractivity contribution in [2.24, 2.45) is 4.99 Å². The molecule has 0 fully saturated rings. The van der Waals surface area contributed by atoms with Gasteiger partial charge in [-0.3, -0.25) is 4.99 Å². The van der Waals surface area contributed by atoms with Gasteiger partial charge in [0.25, 0.3) is 0 Å². The monoisotopic (exact) mass is 367 g/mol. The smallest absolute Gasteiger partial charge is 0.0908 e. The molecule has 0 spiro atoms. The number of fused-ring (bicyclic) bond motifs is 3. The fraction of sp³-hybridized carbons (Fsp3) is 0.435. The van der Waals surface area contributed by atoms with E-state index in [2.05, 4.69) is 84.2 Å². The SMILES string of the molecule is C=C(S)C1=NC(C)(CO)C(C)(C)c2c1cc(C(C)(C)C)c1ccccc21. The number of aliphatic hydroxyl groups is 1. The zero-order chi connectivity index (χ0) is 19.5. The molecule has 0 radical (unpaired) electrons. The van der Waals surface area contributed by atoms with E-state index in [-0.39, 0.29) is 17.4 Å². The Morgan fingerprint density at radius 2 is 1.73 bits per heavy atom. The molecule has 0 amide bonds. The maximum absolute atomic E-state index is 10.2. The highest BCUT2D eigenvalue weighted by atomic mass is 32.1. The number of hydrogen-bond acceptors (Lipinski definition) is 3. The van der Waals surface area contributed by atoms with Gasteiger partial charge in [0.2, 0.25) is 0 Å². The number of allylic oxidation sites excluding steroid dienone is 1. The fourth-order valence-corrected chi connectivity index (χ4v) is 4.20. The van der Waals surface area contributed by atoms with Crippen LogP contribution in [0, 0.1) is 0 Å². The van der Waals surface area contributed by atoms with Crippen molar-refractivity contribution in [2.75, 3.05) is 6.61 Å². The van der Waals surface area contributed by atoms with E-state index >= 15 is 0 Å². The van der Waals surface area contributed by atoms with E-state index in [1.165, 1.54) is 21.9 Å². The Morgan fingerprint density at radius 1 is 1.15 bits per heavy atom. The van der Waals surface area contributed by atoms with Crippen LogP contribution in [0.1, 0.15) is 58.2 Å². The molecule has 1 unspecified atom stereocenters. The summed E-state index contributed by atoms with van der Waals surface area (Å²) >= 11 is 4.53. The summed E-state index contributed by atoms with van der Waals surface area (Å²) in [4.78, 5) is 5.58. The number of aliphatic imine (C=N–C) groups is 1. The van der Waals surface area contributed by atoms with E-state index in [1.54, 1.807) is 0 Å². The second-order valence-electron chi connectivity index (χ2n) is 9.11. The van der Waals surface area contributed by atoms with Crippen molar-refractivity contribution in [3.05, 3.63) is 58.5 Å². The summed E-state index contributed by atoms with van der Waals surface area (Å²) in [6.07, 6.45) is 0. The van der Waals surface area contributed by atoms with Crippen molar-refractivity contribution in [1.29, 1.82) is 0 Å². The Bertz CT molecular complexity index is 933. The second kappa shape index (κ2) is 5.97. The summed E-state index contributed by atoms with van der Waals surface area (Å²) in [5.41, 5.74) is 3.42. The maximum atomic E-state index is 10.2. The number of rotatable bonds is 2. The predicted molar refractivity (Wildman–Crippen MR) is 116 cm³/mol. The molecule has 0 aliphatic carbocycles. The van der Waals surface area contributed by atoms with Gasteiger partial charge in [0.1, 0.15) is 0 Å². The number of hydrogen-bond donors (Lipinski definition) is 2. The highest BCUT2D eigenvalue weighted by Gasteiger charge is 2.48. The number of nitrogens with zero attached hydrogens (tertiary/aromatic N) is 1. The third kappa shape index (κ3) is 2.64. The number of thiol groups is 1. The molecule has 1 aliphatic heterocycles. The topological polar surface area (TPSA) is 32.6 Å². The van der Waals surface area contributed by atoms with Gasteiger partial charge in [0.15, 0.2) is 0 Å². The molecule has 0 saturated heterocycles. The first-order valence-electron chi connectivity index (χ1n) is 9.10. The molecule has 0 saturated carbocycles. The molecule has 1 aliphatic rings. The average molecular weight is 368 g/mol. The Morgan fingerprint density at radius 3 is 2.23 bits per heavy atom. The van der Waals surface area contributed by atoms with Gasteiger partial charge in [-0.05, 0) is 40.3 Å². The van der Waals surface area contributed by atoms with Gasteiger partial charge in [-0.2, -0.15) is 0 Å². The van der Waals surface area contributed by atoms with E-state index < -0.39 is 5.54 Å². The molecule has 138 valence electrons. The van der Waals surface area contributed by atoms with Crippen LogP contribution in [0.25, 0.3) is 10.8 Å². The second-order valence-corrected chi connectivity index (χ2v) is 9.65. The predicted octanol–water partition coefficient (Wildman–Crippen LogP) is 5.41. The maximum Gasteiger partial charge on any atom is 0.0908 e. The van der Waals surface area contributed by atoms with Gasteiger partial charge >= 0.3 is 0 Å². The molecule has 3 heteroatoms. The van der Waals surface area contributed by atoms with Crippen LogP contribution in [-0.2, 0) is 10.8 Å². The highest BCUT2D eigenvalue weighted by Crippen LogP contribution is 2.48. The molecule has 0 aromatic heterocycles. The molecule has 26 heavy (non-hydrogen) atoms. The zero-order valence-corrected chi connectivity index (χ0v) is 17.5. The Balaban J connectivity index is 2.55. The van der Waals surface area contributed by atoms with Gasteiger partial charge in [0, 0.05) is 15.9 Å². The summed E-state index contributed by atoms with van der Waals surface area (Å²) < 4.78 is 0. The minimum Gasteiger partial charge on any atom is -0.394 e. The van der Waals surface area contributed by atoms with Crippen molar-refractivity contribution >= 4 is 29.1 Å². The Hall–Kier alpha value is -1.58. The van der Waals surface area contributed by atoms with Crippen molar-refractivity contribution in [2.45, 2.75) is 57.9 Å². The molecular formula is C23H29NOS. The average Bonchev–Trinajstić information content (AvgIpc) is 2.55. The van der Waals surface area contributed by atoms with Gasteiger partial charge in [-0.25, -0.2) is 0 Å². The summed E-state index contributed by atoms with van der Waals surface area (Å²) in [7, 11) is 0. The van der Waals surface area contributed by atoms with Gasteiger partial charge < -0.3 is 5.11 Å². The van der Waals surface area contributed by atoms with Crippen LogP contribution in [0.5, 0.6) is 0 Å². The van der Waals surface area contributed by atoms with Crippen molar-refractivity contribution < 1.29 is 5.11 Å². The standard InChI is InChI=1S/C23H29NOS/c1-14(26)20-17-12-18(21(2,3)4)15-10-8-9-11-16(15)19(17)22(5,6)23(7,13-25)24-20/h8-12,25-26H,1,13H2,2-7H3. The minimum atomic E-state index is -0.632. The van der Waals surface area contributed by atoms with Crippen LogP contribution in [0.4, 0.5) is 0 Å². The summed E-state index contributed by atoms with van der Waals surface area (Å²) in [5.74, 6) is 0. The third-order valence-electron chi connectivity index (χ3n) is 6.02. The lowest BCUT2D eigenvalue weighted by atomic mass is 9.63. The first-order valence-corrected chi connectivity index (χ1v) is 9.55. The lowest BCUT2D eigenvalue weighted by molar-refractivity contribution is 0.147. The molecule has 1 atom stereocenters. The van der Waals surface area contributed by atoms with Crippen LogP contribution >= 0.6 is 12.6 Å². The first-order chi connectivity index (χ1) is 11.9. The van der Waals surface area contributed by atoms with Crippen LogP contribution in [-0.4, -0.2) is 23.0 Å². The molecular weight excluding hydrogens is 338 g/mol. The largest absolute Gasteiger partial charge is 0.394 e. The molecule has 2 aromatic carbocycles. The van der Waals surface area contributed by atoms with Crippen LogP contribution in [0.15, 0.2) is 46.8 Å². The quantitative estimate of drug-likeness (QED) is 0.683. The Kier molecular flexibility index (Phi) is 4.40. The lowest BCUT2D eigenvalue weighted by Gasteiger charge is -2.46. The molecule has 1 N–H and O–H groups in total. The molecule has 0 bridgehead atoms. The zero-order valence-electron chi connectivity index (χ0n) is 16.6. The van der Waals surface area contributed by atoms with E-state index in [0.717, 1.165) is 11.3 Å². The third-order valence-corrected chi connectivity index (χ3v) is 6.23. The number of aliphatic hydroxyl groups excluding tert-OH is 1. The highest BCUT2D eigenvalue weighted by molar-refractivity contribution is 7.85. The minimum absolute atomic E-state index is 0.000449. The fourth-order valence-electron chi connectivity index (χ4n) is 4.02. The molecule has 2 nitrogen and oxygen atoms in total. The molecule has 2 aromatic rings. The summed E-state index contributed by atoms with van der Waals surface area (Å²) in [5, 5.41) is 12.7. The molecule has 3 rings (SSSR count). The van der Waals surface area contributed by atoms with E-state index in [4.69, 9.17) is 4.99 Å². The van der Waals surface area contributed by atoms with Gasteiger partial charge in [-0.15, -0.1) is 12.6 Å². The molecule has 1 heterocycles. The van der Waals surface area contributed by atoms with E-state index in [9.17, 15) is 5.11 Å². The van der Waals surface area contributed by atoms with Crippen molar-refractivity contribution in [1.82, 2.24) is 0 Å². The first kappa shape index (κ1) is 19.2. The van der Waals surface area contributed by atoms with Crippen LogP contribution < -0.4 is 0 Å². The van der Waals surface area contributed by atoms with Gasteiger partial charge in [-0.1, -0.05) is 65.5 Å².